The van der Waals surface area contributed by atoms with Gasteiger partial charge in [-0.2, -0.15) is 13.2 Å². The predicted molar refractivity (Wildman–Crippen MR) is 72.9 cm³/mol. The molecule has 0 aromatic heterocycles. The zero-order chi connectivity index (χ0) is 14.0. The van der Waals surface area contributed by atoms with E-state index >= 15 is 0 Å². The van der Waals surface area contributed by atoms with Gasteiger partial charge < -0.3 is 5.32 Å². The number of halogens is 4. The van der Waals surface area contributed by atoms with E-state index in [-0.39, 0.29) is 6.04 Å². The maximum absolute atomic E-state index is 12.8. The van der Waals surface area contributed by atoms with E-state index in [1.807, 2.05) is 7.05 Å². The molecule has 0 radical (unpaired) electrons. The molecule has 1 atom stereocenters. The van der Waals surface area contributed by atoms with Crippen molar-refractivity contribution in [3.63, 3.8) is 0 Å². The van der Waals surface area contributed by atoms with Crippen LogP contribution in [0.5, 0.6) is 0 Å². The third-order valence-corrected chi connectivity index (χ3v) is 4.56. The van der Waals surface area contributed by atoms with Crippen LogP contribution in [0.3, 0.4) is 0 Å². The first-order valence-corrected chi connectivity index (χ1v) is 7.26. The summed E-state index contributed by atoms with van der Waals surface area (Å²) in [6.07, 6.45) is 0.199. The van der Waals surface area contributed by atoms with Crippen LogP contribution < -0.4 is 5.32 Å². The van der Waals surface area contributed by atoms with Gasteiger partial charge in [-0.3, -0.25) is 0 Å². The van der Waals surface area contributed by atoms with Gasteiger partial charge in [0.15, 0.2) is 0 Å². The van der Waals surface area contributed by atoms with E-state index in [0.717, 1.165) is 23.4 Å². The molecular weight excluding hydrogens is 319 g/mol. The molecule has 0 heterocycles. The van der Waals surface area contributed by atoms with Crippen molar-refractivity contribution >= 4 is 15.9 Å². The molecule has 0 saturated heterocycles. The molecule has 1 aromatic carbocycles. The van der Waals surface area contributed by atoms with Crippen molar-refractivity contribution in [1.29, 1.82) is 0 Å². The summed E-state index contributed by atoms with van der Waals surface area (Å²) in [6, 6.07) is 3.87. The van der Waals surface area contributed by atoms with E-state index in [1.165, 1.54) is 25.0 Å². The minimum absolute atomic E-state index is 0.0147. The van der Waals surface area contributed by atoms with Gasteiger partial charge in [-0.1, -0.05) is 28.8 Å². The smallest absolute Gasteiger partial charge is 0.313 e. The average molecular weight is 336 g/mol. The lowest BCUT2D eigenvalue weighted by atomic mass is 9.91. The van der Waals surface area contributed by atoms with Crippen molar-refractivity contribution in [3.05, 3.63) is 33.8 Å². The molecule has 1 saturated carbocycles. The van der Waals surface area contributed by atoms with Gasteiger partial charge in [0.2, 0.25) is 0 Å². The zero-order valence-corrected chi connectivity index (χ0v) is 12.3. The first-order chi connectivity index (χ1) is 8.93. The van der Waals surface area contributed by atoms with Gasteiger partial charge >= 0.3 is 6.18 Å². The van der Waals surface area contributed by atoms with Crippen LogP contribution in [0, 0.1) is 5.92 Å². The van der Waals surface area contributed by atoms with Gasteiger partial charge in [0.05, 0.1) is 5.56 Å². The van der Waals surface area contributed by atoms with Crippen LogP contribution in [0.1, 0.15) is 42.9 Å². The minimum Gasteiger partial charge on any atom is -0.313 e. The van der Waals surface area contributed by atoms with Gasteiger partial charge in [-0.15, -0.1) is 0 Å². The highest BCUT2D eigenvalue weighted by molar-refractivity contribution is 9.10. The predicted octanol–water partition coefficient (Wildman–Crippen LogP) is 4.92. The molecule has 0 bridgehead atoms. The molecule has 1 nitrogen and oxygen atoms in total. The Morgan fingerprint density at radius 1 is 1.26 bits per heavy atom. The number of hydrogen-bond acceptors (Lipinski definition) is 1. The fraction of sp³-hybridized carbons (Fsp3) is 0.571. The summed E-state index contributed by atoms with van der Waals surface area (Å²) >= 11 is 3.38. The van der Waals surface area contributed by atoms with E-state index in [1.54, 1.807) is 0 Å². The first-order valence-electron chi connectivity index (χ1n) is 6.47. The fourth-order valence-electron chi connectivity index (χ4n) is 2.89. The second-order valence-electron chi connectivity index (χ2n) is 5.04. The largest absolute Gasteiger partial charge is 0.416 e. The number of rotatable bonds is 3. The topological polar surface area (TPSA) is 12.0 Å². The zero-order valence-electron chi connectivity index (χ0n) is 10.7. The summed E-state index contributed by atoms with van der Waals surface area (Å²) in [5, 5.41) is 3.18. The average Bonchev–Trinajstić information content (AvgIpc) is 2.84. The van der Waals surface area contributed by atoms with Gasteiger partial charge in [0.1, 0.15) is 0 Å². The number of hydrogen-bond donors (Lipinski definition) is 1. The van der Waals surface area contributed by atoms with Crippen LogP contribution in [0.2, 0.25) is 0 Å². The minimum atomic E-state index is -4.29. The number of nitrogens with one attached hydrogen (secondary N) is 1. The summed E-state index contributed by atoms with van der Waals surface area (Å²) in [5.74, 6) is 0.421. The number of alkyl halides is 3. The molecule has 0 aliphatic heterocycles. The van der Waals surface area contributed by atoms with Crippen LogP contribution in [0.25, 0.3) is 0 Å². The normalized spacial score (nSPS) is 18.8. The Bertz CT molecular complexity index is 439. The fourth-order valence-corrected chi connectivity index (χ4v) is 3.39. The molecule has 106 valence electrons. The molecule has 1 fully saturated rings. The molecule has 1 aliphatic rings. The van der Waals surface area contributed by atoms with E-state index in [9.17, 15) is 13.2 Å². The third kappa shape index (κ3) is 3.31. The lowest BCUT2D eigenvalue weighted by molar-refractivity contribution is -0.137. The summed E-state index contributed by atoms with van der Waals surface area (Å²) in [6.45, 7) is 0. The maximum Gasteiger partial charge on any atom is 0.416 e. The quantitative estimate of drug-likeness (QED) is 0.826. The van der Waals surface area contributed by atoms with Crippen molar-refractivity contribution in [2.45, 2.75) is 37.9 Å². The Morgan fingerprint density at radius 3 is 2.42 bits per heavy atom. The third-order valence-electron chi connectivity index (χ3n) is 3.84. The highest BCUT2D eigenvalue weighted by atomic mass is 79.9. The van der Waals surface area contributed by atoms with Crippen LogP contribution in [-0.2, 0) is 6.18 Å². The lowest BCUT2D eigenvalue weighted by Gasteiger charge is -2.25. The van der Waals surface area contributed by atoms with Crippen LogP contribution in [-0.4, -0.2) is 7.05 Å². The second-order valence-corrected chi connectivity index (χ2v) is 5.90. The summed E-state index contributed by atoms with van der Waals surface area (Å²) in [7, 11) is 1.82. The molecule has 0 spiro atoms. The molecule has 0 amide bonds. The van der Waals surface area contributed by atoms with Crippen molar-refractivity contribution in [2.75, 3.05) is 7.05 Å². The molecule has 2 rings (SSSR count). The van der Waals surface area contributed by atoms with E-state index in [2.05, 4.69) is 21.2 Å². The molecule has 1 N–H and O–H groups in total. The van der Waals surface area contributed by atoms with Crippen LogP contribution >= 0.6 is 15.9 Å². The van der Waals surface area contributed by atoms with Crippen LogP contribution in [0.15, 0.2) is 22.7 Å². The molecular formula is C14H17BrF3N. The maximum atomic E-state index is 12.8. The van der Waals surface area contributed by atoms with Crippen LogP contribution in [0.4, 0.5) is 13.2 Å². The van der Waals surface area contributed by atoms with E-state index < -0.39 is 11.7 Å². The molecule has 1 aromatic rings. The Labute approximate surface area is 119 Å². The van der Waals surface area contributed by atoms with Crippen molar-refractivity contribution in [3.8, 4) is 0 Å². The van der Waals surface area contributed by atoms with Gasteiger partial charge in [-0.25, -0.2) is 0 Å². The van der Waals surface area contributed by atoms with Crippen molar-refractivity contribution < 1.29 is 13.2 Å². The van der Waals surface area contributed by atoms with E-state index in [0.29, 0.717) is 11.5 Å². The SMILES string of the molecule is CNC(c1cc(C(F)(F)F)ccc1Br)C1CCCC1. The van der Waals surface area contributed by atoms with E-state index in [4.69, 9.17) is 0 Å². The first kappa shape index (κ1) is 14.9. The Hall–Kier alpha value is -0.550. The molecule has 1 aliphatic carbocycles. The standard InChI is InChI=1S/C14H17BrF3N/c1-19-13(9-4-2-3-5-9)11-8-10(14(16,17)18)6-7-12(11)15/h6-9,13,19H,2-5H2,1H3. The number of benzene rings is 1. The summed E-state index contributed by atoms with van der Waals surface area (Å²) in [4.78, 5) is 0. The van der Waals surface area contributed by atoms with Gasteiger partial charge in [0.25, 0.3) is 0 Å². The highest BCUT2D eigenvalue weighted by Crippen LogP contribution is 2.40. The van der Waals surface area contributed by atoms with Crippen molar-refractivity contribution in [1.82, 2.24) is 5.32 Å². The molecule has 5 heteroatoms. The van der Waals surface area contributed by atoms with Crippen molar-refractivity contribution in [2.24, 2.45) is 5.92 Å². The highest BCUT2D eigenvalue weighted by Gasteiger charge is 2.33. The monoisotopic (exact) mass is 335 g/mol. The molecule has 19 heavy (non-hydrogen) atoms. The Morgan fingerprint density at radius 2 is 1.89 bits per heavy atom. The van der Waals surface area contributed by atoms with Gasteiger partial charge in [0, 0.05) is 10.5 Å². The molecule has 1 unspecified atom stereocenters. The second kappa shape index (κ2) is 5.83. The Kier molecular flexibility index (Phi) is 4.56. The lowest BCUT2D eigenvalue weighted by Crippen LogP contribution is -2.24. The summed E-state index contributed by atoms with van der Waals surface area (Å²) in [5.41, 5.74) is 0.133. The Balaban J connectivity index is 2.35. The van der Waals surface area contributed by atoms with Gasteiger partial charge in [-0.05, 0) is 49.6 Å². The summed E-state index contributed by atoms with van der Waals surface area (Å²) < 4.78 is 39.2.